The Bertz CT molecular complexity index is 535. The molecule has 1 nitrogen and oxygen atoms in total. The minimum atomic E-state index is -4.35. The van der Waals surface area contributed by atoms with Crippen molar-refractivity contribution in [1.29, 1.82) is 0 Å². The van der Waals surface area contributed by atoms with E-state index in [-0.39, 0.29) is 11.8 Å². The van der Waals surface area contributed by atoms with Crippen molar-refractivity contribution in [3.8, 4) is 0 Å². The lowest BCUT2D eigenvalue weighted by atomic mass is 9.48. The van der Waals surface area contributed by atoms with Gasteiger partial charge in [-0.25, -0.2) is 0 Å². The highest BCUT2D eigenvalue weighted by atomic mass is 19.4. The minimum Gasteiger partial charge on any atom is -0.385 e. The van der Waals surface area contributed by atoms with E-state index < -0.39 is 17.3 Å². The van der Waals surface area contributed by atoms with Crippen LogP contribution in [0.4, 0.5) is 13.2 Å². The van der Waals surface area contributed by atoms with Crippen molar-refractivity contribution in [2.45, 2.75) is 43.9 Å². The van der Waals surface area contributed by atoms with E-state index in [4.69, 9.17) is 0 Å². The quantitative estimate of drug-likeness (QED) is 0.817. The molecule has 114 valence electrons. The lowest BCUT2D eigenvalue weighted by molar-refractivity contribution is -0.180. The van der Waals surface area contributed by atoms with Gasteiger partial charge in [-0.15, -0.1) is 0 Å². The fourth-order valence-electron chi connectivity index (χ4n) is 5.32. The van der Waals surface area contributed by atoms with E-state index in [0.29, 0.717) is 17.4 Å². The molecule has 0 aliphatic heterocycles. The summed E-state index contributed by atoms with van der Waals surface area (Å²) in [7, 11) is 0. The lowest BCUT2D eigenvalue weighted by Crippen LogP contribution is -2.55. The highest BCUT2D eigenvalue weighted by Gasteiger charge is 2.57. The molecule has 1 aromatic carbocycles. The highest BCUT2D eigenvalue weighted by Crippen LogP contribution is 2.61. The summed E-state index contributed by atoms with van der Waals surface area (Å²) in [6.45, 7) is 0. The topological polar surface area (TPSA) is 20.2 Å². The van der Waals surface area contributed by atoms with Crippen LogP contribution in [0.5, 0.6) is 0 Å². The van der Waals surface area contributed by atoms with Crippen LogP contribution in [0.15, 0.2) is 24.3 Å². The second-order valence-corrected chi connectivity index (χ2v) is 7.21. The molecule has 4 bridgehead atoms. The Labute approximate surface area is 122 Å². The molecule has 4 aliphatic carbocycles. The van der Waals surface area contributed by atoms with Crippen molar-refractivity contribution in [3.05, 3.63) is 35.4 Å². The monoisotopic (exact) mass is 296 g/mol. The molecule has 4 heteroatoms. The second-order valence-electron chi connectivity index (χ2n) is 7.21. The number of aliphatic hydroxyl groups is 1. The molecule has 0 heterocycles. The molecular weight excluding hydrogens is 277 g/mol. The zero-order chi connectivity index (χ0) is 14.8. The number of alkyl halides is 3. The fourth-order valence-corrected chi connectivity index (χ4v) is 5.32. The van der Waals surface area contributed by atoms with Crippen LogP contribution in [0.3, 0.4) is 0 Å². The third-order valence-electron chi connectivity index (χ3n) is 6.04. The molecule has 0 spiro atoms. The van der Waals surface area contributed by atoms with Crippen LogP contribution < -0.4 is 0 Å². The van der Waals surface area contributed by atoms with Gasteiger partial charge >= 0.3 is 6.18 Å². The third kappa shape index (κ3) is 1.95. The summed E-state index contributed by atoms with van der Waals surface area (Å²) in [5.41, 5.74) is -1.22. The maximum absolute atomic E-state index is 12.9. The molecule has 0 atom stereocenters. The molecule has 21 heavy (non-hydrogen) atoms. The van der Waals surface area contributed by atoms with Crippen LogP contribution in [0, 0.1) is 23.7 Å². The van der Waals surface area contributed by atoms with Gasteiger partial charge in [-0.3, -0.25) is 0 Å². The van der Waals surface area contributed by atoms with Crippen LogP contribution in [0.1, 0.15) is 43.2 Å². The largest absolute Gasteiger partial charge is 0.416 e. The van der Waals surface area contributed by atoms with E-state index in [2.05, 4.69) is 0 Å². The number of halogens is 3. The Morgan fingerprint density at radius 3 is 2.05 bits per heavy atom. The van der Waals surface area contributed by atoms with Gasteiger partial charge in [-0.2, -0.15) is 13.2 Å². The van der Waals surface area contributed by atoms with Gasteiger partial charge in [0, 0.05) is 0 Å². The van der Waals surface area contributed by atoms with Crippen molar-refractivity contribution in [2.24, 2.45) is 23.7 Å². The Kier molecular flexibility index (Phi) is 2.76. The molecule has 0 saturated heterocycles. The van der Waals surface area contributed by atoms with Gasteiger partial charge in [-0.1, -0.05) is 12.1 Å². The summed E-state index contributed by atoms with van der Waals surface area (Å²) in [6.07, 6.45) is 0.795. The first-order valence-electron chi connectivity index (χ1n) is 7.77. The van der Waals surface area contributed by atoms with Gasteiger partial charge in [0.25, 0.3) is 0 Å². The first kappa shape index (κ1) is 13.6. The summed E-state index contributed by atoms with van der Waals surface area (Å²) in [4.78, 5) is 0. The summed E-state index contributed by atoms with van der Waals surface area (Å²) in [6, 6.07) is 5.36. The van der Waals surface area contributed by atoms with Crippen molar-refractivity contribution >= 4 is 0 Å². The normalized spacial score (nSPS) is 41.5. The maximum Gasteiger partial charge on any atom is 0.416 e. The zero-order valence-electron chi connectivity index (χ0n) is 11.7. The first-order chi connectivity index (χ1) is 9.87. The van der Waals surface area contributed by atoms with E-state index in [0.717, 1.165) is 31.7 Å². The lowest BCUT2D eigenvalue weighted by Gasteiger charge is -2.59. The predicted molar refractivity (Wildman–Crippen MR) is 72.4 cm³/mol. The maximum atomic E-state index is 12.9. The van der Waals surface area contributed by atoms with Crippen molar-refractivity contribution in [1.82, 2.24) is 0 Å². The van der Waals surface area contributed by atoms with Gasteiger partial charge in [-0.05, 0) is 73.5 Å². The Balaban J connectivity index is 1.75. The van der Waals surface area contributed by atoms with E-state index in [1.165, 1.54) is 18.6 Å². The summed E-state index contributed by atoms with van der Waals surface area (Å²) < 4.78 is 38.8. The SMILES string of the molecule is OC1(c2cccc(C(F)(F)F)c2)C2CC3CC(C2)CC1C3. The van der Waals surface area contributed by atoms with Gasteiger partial charge < -0.3 is 5.11 Å². The third-order valence-corrected chi connectivity index (χ3v) is 6.04. The van der Waals surface area contributed by atoms with Crippen molar-refractivity contribution in [3.63, 3.8) is 0 Å². The molecular formula is C17H19F3O. The van der Waals surface area contributed by atoms with Gasteiger partial charge in [0.1, 0.15) is 0 Å². The van der Waals surface area contributed by atoms with Crippen LogP contribution in [0.2, 0.25) is 0 Å². The average Bonchev–Trinajstić information content (AvgIpc) is 2.43. The summed E-state index contributed by atoms with van der Waals surface area (Å²) in [5, 5.41) is 11.3. The van der Waals surface area contributed by atoms with Gasteiger partial charge in [0.05, 0.1) is 11.2 Å². The Morgan fingerprint density at radius 2 is 1.52 bits per heavy atom. The smallest absolute Gasteiger partial charge is 0.385 e. The van der Waals surface area contributed by atoms with Gasteiger partial charge in [0.15, 0.2) is 0 Å². The van der Waals surface area contributed by atoms with Crippen molar-refractivity contribution in [2.75, 3.05) is 0 Å². The fraction of sp³-hybridized carbons (Fsp3) is 0.647. The predicted octanol–water partition coefficient (Wildman–Crippen LogP) is 4.35. The van der Waals surface area contributed by atoms with Crippen LogP contribution in [0.25, 0.3) is 0 Å². The standard InChI is InChI=1S/C17H19F3O/c18-17(19,20)13-3-1-2-12(9-13)16(21)14-5-10-4-11(7-14)8-15(16)6-10/h1-3,9-11,14-15,21H,4-8H2. The zero-order valence-corrected chi connectivity index (χ0v) is 11.7. The summed E-state index contributed by atoms with van der Waals surface area (Å²) >= 11 is 0. The van der Waals surface area contributed by atoms with Crippen LogP contribution >= 0.6 is 0 Å². The number of benzene rings is 1. The number of hydrogen-bond acceptors (Lipinski definition) is 1. The minimum absolute atomic E-state index is 0.136. The van der Waals surface area contributed by atoms with E-state index in [9.17, 15) is 18.3 Å². The second kappa shape index (κ2) is 4.25. The summed E-state index contributed by atoms with van der Waals surface area (Å²) in [5.74, 6) is 1.63. The molecule has 0 radical (unpaired) electrons. The Morgan fingerprint density at radius 1 is 0.952 bits per heavy atom. The Hall–Kier alpha value is -1.03. The molecule has 0 unspecified atom stereocenters. The first-order valence-corrected chi connectivity index (χ1v) is 7.77. The molecule has 4 fully saturated rings. The van der Waals surface area contributed by atoms with Gasteiger partial charge in [0.2, 0.25) is 0 Å². The molecule has 1 aromatic rings. The average molecular weight is 296 g/mol. The number of rotatable bonds is 1. The van der Waals surface area contributed by atoms with Crippen molar-refractivity contribution < 1.29 is 18.3 Å². The number of hydrogen-bond donors (Lipinski definition) is 1. The van der Waals surface area contributed by atoms with E-state index >= 15 is 0 Å². The highest BCUT2D eigenvalue weighted by molar-refractivity contribution is 5.33. The molecule has 4 aliphatic rings. The van der Waals surface area contributed by atoms with E-state index in [1.807, 2.05) is 0 Å². The van der Waals surface area contributed by atoms with Crippen LogP contribution in [-0.2, 0) is 11.8 Å². The van der Waals surface area contributed by atoms with Crippen LogP contribution in [-0.4, -0.2) is 5.11 Å². The van der Waals surface area contributed by atoms with E-state index in [1.54, 1.807) is 6.07 Å². The molecule has 1 N–H and O–H groups in total. The molecule has 0 amide bonds. The molecule has 0 aromatic heterocycles. The molecule has 5 rings (SSSR count). The molecule has 4 saturated carbocycles.